The molecule has 1 rings (SSSR count). The molecule has 0 aromatic carbocycles. The summed E-state index contributed by atoms with van der Waals surface area (Å²) in [5, 5.41) is 1.14. The summed E-state index contributed by atoms with van der Waals surface area (Å²) in [6.07, 6.45) is 1.72. The molecular weight excluding hydrogens is 181 g/mol. The SMILES string of the molecule is CC(C)c1cnc(Cl)cc1Cl. The van der Waals surface area contributed by atoms with Crippen LogP contribution >= 0.6 is 23.2 Å². The van der Waals surface area contributed by atoms with Crippen molar-refractivity contribution in [2.24, 2.45) is 0 Å². The average Bonchev–Trinajstić information content (AvgIpc) is 1.85. The van der Waals surface area contributed by atoms with Crippen molar-refractivity contribution in [3.63, 3.8) is 0 Å². The van der Waals surface area contributed by atoms with Gasteiger partial charge in [0.25, 0.3) is 0 Å². The number of nitrogens with zero attached hydrogens (tertiary/aromatic N) is 1. The Kier molecular flexibility index (Phi) is 2.74. The smallest absolute Gasteiger partial charge is 0.130 e. The highest BCUT2D eigenvalue weighted by molar-refractivity contribution is 6.34. The molecule has 3 heteroatoms. The topological polar surface area (TPSA) is 12.9 Å². The highest BCUT2D eigenvalue weighted by Gasteiger charge is 2.05. The molecule has 11 heavy (non-hydrogen) atoms. The molecule has 1 aromatic heterocycles. The third kappa shape index (κ3) is 2.08. The minimum absolute atomic E-state index is 0.396. The van der Waals surface area contributed by atoms with Crippen LogP contribution in [0.2, 0.25) is 10.2 Å². The molecule has 0 fully saturated rings. The van der Waals surface area contributed by atoms with E-state index in [1.165, 1.54) is 0 Å². The first kappa shape index (κ1) is 8.82. The lowest BCUT2D eigenvalue weighted by Gasteiger charge is -2.06. The van der Waals surface area contributed by atoms with E-state index in [1.54, 1.807) is 12.3 Å². The second-order valence-electron chi connectivity index (χ2n) is 2.68. The third-order valence-electron chi connectivity index (χ3n) is 1.47. The third-order valence-corrected chi connectivity index (χ3v) is 2.00. The van der Waals surface area contributed by atoms with Crippen LogP contribution in [-0.2, 0) is 0 Å². The van der Waals surface area contributed by atoms with E-state index in [2.05, 4.69) is 18.8 Å². The van der Waals surface area contributed by atoms with Crippen molar-refractivity contribution in [2.75, 3.05) is 0 Å². The number of rotatable bonds is 1. The highest BCUT2D eigenvalue weighted by Crippen LogP contribution is 2.24. The molecule has 1 aromatic rings. The van der Waals surface area contributed by atoms with Crippen LogP contribution in [0.4, 0.5) is 0 Å². The summed E-state index contributed by atoms with van der Waals surface area (Å²) in [5.41, 5.74) is 1.04. The van der Waals surface area contributed by atoms with Gasteiger partial charge in [-0.25, -0.2) is 4.98 Å². The van der Waals surface area contributed by atoms with Gasteiger partial charge in [0.1, 0.15) is 5.15 Å². The van der Waals surface area contributed by atoms with Gasteiger partial charge in [-0.3, -0.25) is 0 Å². The van der Waals surface area contributed by atoms with Crippen LogP contribution in [0.15, 0.2) is 12.3 Å². The lowest BCUT2D eigenvalue weighted by atomic mass is 10.1. The van der Waals surface area contributed by atoms with Crippen molar-refractivity contribution < 1.29 is 0 Å². The quantitative estimate of drug-likeness (QED) is 0.617. The van der Waals surface area contributed by atoms with Gasteiger partial charge in [0.05, 0.1) is 0 Å². The van der Waals surface area contributed by atoms with E-state index < -0.39 is 0 Å². The lowest BCUT2D eigenvalue weighted by molar-refractivity contribution is 0.858. The molecule has 0 amide bonds. The average molecular weight is 190 g/mol. The van der Waals surface area contributed by atoms with E-state index in [9.17, 15) is 0 Å². The summed E-state index contributed by atoms with van der Waals surface area (Å²) >= 11 is 11.5. The molecular formula is C8H9Cl2N. The fourth-order valence-corrected chi connectivity index (χ4v) is 1.43. The number of aromatic nitrogens is 1. The van der Waals surface area contributed by atoms with Crippen LogP contribution in [0.1, 0.15) is 25.3 Å². The number of halogens is 2. The molecule has 0 atom stereocenters. The van der Waals surface area contributed by atoms with Crippen LogP contribution in [0, 0.1) is 0 Å². The maximum atomic E-state index is 5.90. The summed E-state index contributed by atoms with van der Waals surface area (Å²) in [4.78, 5) is 3.94. The number of pyridine rings is 1. The van der Waals surface area contributed by atoms with Crippen LogP contribution in [-0.4, -0.2) is 4.98 Å². The van der Waals surface area contributed by atoms with Gasteiger partial charge in [0.15, 0.2) is 0 Å². The first-order valence-corrected chi connectivity index (χ1v) is 4.18. The maximum absolute atomic E-state index is 5.90. The van der Waals surface area contributed by atoms with Gasteiger partial charge in [-0.1, -0.05) is 37.0 Å². The molecule has 0 unspecified atom stereocenters. The Bertz CT molecular complexity index is 258. The number of hydrogen-bond acceptors (Lipinski definition) is 1. The Morgan fingerprint density at radius 1 is 1.36 bits per heavy atom. The molecule has 0 radical (unpaired) electrons. The summed E-state index contributed by atoms with van der Waals surface area (Å²) in [6.45, 7) is 4.13. The van der Waals surface area contributed by atoms with Crippen LogP contribution in [0.5, 0.6) is 0 Å². The maximum Gasteiger partial charge on any atom is 0.130 e. The van der Waals surface area contributed by atoms with E-state index in [0.717, 1.165) is 5.56 Å². The van der Waals surface area contributed by atoms with E-state index in [-0.39, 0.29) is 0 Å². The Balaban J connectivity index is 3.09. The molecule has 0 aliphatic rings. The van der Waals surface area contributed by atoms with Crippen molar-refractivity contribution in [1.82, 2.24) is 4.98 Å². The standard InChI is InChI=1S/C8H9Cl2N/c1-5(2)6-4-11-8(10)3-7(6)9/h3-5H,1-2H3. The highest BCUT2D eigenvalue weighted by atomic mass is 35.5. The van der Waals surface area contributed by atoms with Gasteiger partial charge < -0.3 is 0 Å². The summed E-state index contributed by atoms with van der Waals surface area (Å²) in [5.74, 6) is 0.396. The Labute approximate surface area is 76.4 Å². The predicted octanol–water partition coefficient (Wildman–Crippen LogP) is 3.51. The molecule has 0 aliphatic heterocycles. The van der Waals surface area contributed by atoms with Crippen molar-refractivity contribution >= 4 is 23.2 Å². The molecule has 0 spiro atoms. The van der Waals surface area contributed by atoms with Gasteiger partial charge in [-0.05, 0) is 17.5 Å². The minimum atomic E-state index is 0.396. The second-order valence-corrected chi connectivity index (χ2v) is 3.48. The van der Waals surface area contributed by atoms with E-state index in [0.29, 0.717) is 16.1 Å². The van der Waals surface area contributed by atoms with Gasteiger partial charge in [0, 0.05) is 11.2 Å². The fraction of sp³-hybridized carbons (Fsp3) is 0.375. The van der Waals surface area contributed by atoms with Crippen LogP contribution in [0.3, 0.4) is 0 Å². The zero-order valence-electron chi connectivity index (χ0n) is 6.44. The molecule has 0 saturated heterocycles. The molecule has 1 nitrogen and oxygen atoms in total. The van der Waals surface area contributed by atoms with Crippen molar-refractivity contribution in [1.29, 1.82) is 0 Å². The van der Waals surface area contributed by atoms with Gasteiger partial charge in [0.2, 0.25) is 0 Å². The zero-order valence-corrected chi connectivity index (χ0v) is 7.95. The first-order valence-electron chi connectivity index (χ1n) is 3.42. The molecule has 0 saturated carbocycles. The lowest BCUT2D eigenvalue weighted by Crippen LogP contribution is -1.90. The molecule has 0 bridgehead atoms. The zero-order chi connectivity index (χ0) is 8.43. The van der Waals surface area contributed by atoms with Gasteiger partial charge in [-0.2, -0.15) is 0 Å². The molecule has 60 valence electrons. The minimum Gasteiger partial charge on any atom is -0.244 e. The Hall–Kier alpha value is -0.270. The monoisotopic (exact) mass is 189 g/mol. The van der Waals surface area contributed by atoms with E-state index in [1.807, 2.05) is 0 Å². The summed E-state index contributed by atoms with van der Waals surface area (Å²) < 4.78 is 0. The van der Waals surface area contributed by atoms with Crippen molar-refractivity contribution in [3.8, 4) is 0 Å². The normalized spacial score (nSPS) is 10.6. The van der Waals surface area contributed by atoms with Crippen molar-refractivity contribution in [2.45, 2.75) is 19.8 Å². The Morgan fingerprint density at radius 3 is 2.45 bits per heavy atom. The van der Waals surface area contributed by atoms with E-state index >= 15 is 0 Å². The van der Waals surface area contributed by atoms with Crippen molar-refractivity contribution in [3.05, 3.63) is 28.0 Å². The van der Waals surface area contributed by atoms with Crippen LogP contribution in [0.25, 0.3) is 0 Å². The Morgan fingerprint density at radius 2 is 2.00 bits per heavy atom. The first-order chi connectivity index (χ1) is 5.11. The summed E-state index contributed by atoms with van der Waals surface area (Å²) in [6, 6.07) is 1.67. The summed E-state index contributed by atoms with van der Waals surface area (Å²) in [7, 11) is 0. The molecule has 0 aliphatic carbocycles. The number of hydrogen-bond donors (Lipinski definition) is 0. The molecule has 1 heterocycles. The fourth-order valence-electron chi connectivity index (χ4n) is 0.843. The van der Waals surface area contributed by atoms with E-state index in [4.69, 9.17) is 23.2 Å². The van der Waals surface area contributed by atoms with Gasteiger partial charge in [-0.15, -0.1) is 0 Å². The van der Waals surface area contributed by atoms with Crippen LogP contribution < -0.4 is 0 Å². The molecule has 0 N–H and O–H groups in total. The van der Waals surface area contributed by atoms with Gasteiger partial charge >= 0.3 is 0 Å². The second kappa shape index (κ2) is 3.42. The largest absolute Gasteiger partial charge is 0.244 e. The predicted molar refractivity (Wildman–Crippen MR) is 48.3 cm³/mol.